The van der Waals surface area contributed by atoms with Gasteiger partial charge in [0.05, 0.1) is 0 Å². The van der Waals surface area contributed by atoms with E-state index in [9.17, 15) is 0 Å². The van der Waals surface area contributed by atoms with E-state index in [0.717, 1.165) is 18.2 Å². The molecule has 0 saturated heterocycles. The molecule has 2 heteroatoms. The molecule has 0 bridgehead atoms. The van der Waals surface area contributed by atoms with Gasteiger partial charge in [0.2, 0.25) is 0 Å². The molecule has 0 amide bonds. The van der Waals surface area contributed by atoms with Crippen LogP contribution in [0.1, 0.15) is 44.6 Å². The van der Waals surface area contributed by atoms with Crippen LogP contribution in [-0.4, -0.2) is 12.6 Å². The molecule has 2 nitrogen and oxygen atoms in total. The summed E-state index contributed by atoms with van der Waals surface area (Å²) in [4.78, 5) is 0. The zero-order valence-corrected chi connectivity index (χ0v) is 12.6. The number of nitrogens with one attached hydrogen (secondary N) is 1. The number of ether oxygens (including phenoxy) is 1. The first-order valence-electron chi connectivity index (χ1n) is 7.85. The molecular weight excluding hydrogens is 246 g/mol. The van der Waals surface area contributed by atoms with Crippen molar-refractivity contribution in [3.63, 3.8) is 0 Å². The SMILES string of the molecule is C=CCOc1ccc(CNC2CCCCCC2C)cc1. The van der Waals surface area contributed by atoms with E-state index in [0.29, 0.717) is 12.6 Å². The van der Waals surface area contributed by atoms with Gasteiger partial charge in [-0.05, 0) is 36.5 Å². The van der Waals surface area contributed by atoms with Crippen LogP contribution in [0.5, 0.6) is 5.75 Å². The number of rotatable bonds is 6. The molecule has 1 fully saturated rings. The van der Waals surface area contributed by atoms with Crippen LogP contribution in [0.2, 0.25) is 0 Å². The third-order valence-corrected chi connectivity index (χ3v) is 4.22. The van der Waals surface area contributed by atoms with Crippen molar-refractivity contribution in [1.29, 1.82) is 0 Å². The zero-order valence-electron chi connectivity index (χ0n) is 12.6. The van der Waals surface area contributed by atoms with Crippen molar-refractivity contribution < 1.29 is 4.74 Å². The average Bonchev–Trinajstić information content (AvgIpc) is 2.68. The van der Waals surface area contributed by atoms with E-state index in [-0.39, 0.29) is 0 Å². The predicted octanol–water partition coefficient (Wildman–Crippen LogP) is 4.31. The predicted molar refractivity (Wildman–Crippen MR) is 85.0 cm³/mol. The second-order valence-electron chi connectivity index (χ2n) is 5.85. The minimum Gasteiger partial charge on any atom is -0.490 e. The molecule has 0 aromatic heterocycles. The first-order valence-corrected chi connectivity index (χ1v) is 7.85. The van der Waals surface area contributed by atoms with Gasteiger partial charge in [-0.1, -0.05) is 51.0 Å². The van der Waals surface area contributed by atoms with Crippen molar-refractivity contribution in [2.24, 2.45) is 5.92 Å². The van der Waals surface area contributed by atoms with Gasteiger partial charge in [0.25, 0.3) is 0 Å². The van der Waals surface area contributed by atoms with Gasteiger partial charge in [-0.2, -0.15) is 0 Å². The molecule has 110 valence electrons. The maximum atomic E-state index is 5.50. The Hall–Kier alpha value is -1.28. The summed E-state index contributed by atoms with van der Waals surface area (Å²) < 4.78 is 5.50. The van der Waals surface area contributed by atoms with Crippen molar-refractivity contribution in [1.82, 2.24) is 5.32 Å². The van der Waals surface area contributed by atoms with Gasteiger partial charge >= 0.3 is 0 Å². The molecule has 2 unspecified atom stereocenters. The molecule has 0 spiro atoms. The Labute approximate surface area is 123 Å². The third kappa shape index (κ3) is 4.68. The molecule has 0 aliphatic heterocycles. The fourth-order valence-electron chi connectivity index (χ4n) is 2.90. The minimum atomic E-state index is 0.567. The van der Waals surface area contributed by atoms with Gasteiger partial charge in [0.1, 0.15) is 12.4 Å². The van der Waals surface area contributed by atoms with Gasteiger partial charge < -0.3 is 10.1 Å². The van der Waals surface area contributed by atoms with Crippen LogP contribution in [0.25, 0.3) is 0 Å². The third-order valence-electron chi connectivity index (χ3n) is 4.22. The molecule has 1 aromatic carbocycles. The fourth-order valence-corrected chi connectivity index (χ4v) is 2.90. The monoisotopic (exact) mass is 273 g/mol. The molecular formula is C18H27NO. The van der Waals surface area contributed by atoms with Crippen molar-refractivity contribution in [2.45, 2.75) is 51.6 Å². The van der Waals surface area contributed by atoms with E-state index in [1.807, 2.05) is 12.1 Å². The lowest BCUT2D eigenvalue weighted by molar-refractivity contribution is 0.355. The Balaban J connectivity index is 1.82. The first-order chi connectivity index (χ1) is 9.79. The molecule has 1 aromatic rings. The van der Waals surface area contributed by atoms with E-state index in [1.54, 1.807) is 6.08 Å². The lowest BCUT2D eigenvalue weighted by atomic mass is 9.97. The van der Waals surface area contributed by atoms with Gasteiger partial charge in [0, 0.05) is 12.6 Å². The first kappa shape index (κ1) is 15.1. The molecule has 1 saturated carbocycles. The van der Waals surface area contributed by atoms with Crippen LogP contribution in [0.3, 0.4) is 0 Å². The normalized spacial score (nSPS) is 23.1. The van der Waals surface area contributed by atoms with Crippen molar-refractivity contribution in [2.75, 3.05) is 6.61 Å². The van der Waals surface area contributed by atoms with Crippen LogP contribution < -0.4 is 10.1 Å². The molecule has 2 rings (SSSR count). The maximum absolute atomic E-state index is 5.50. The van der Waals surface area contributed by atoms with Gasteiger partial charge in [-0.3, -0.25) is 0 Å². The quantitative estimate of drug-likeness (QED) is 0.616. The minimum absolute atomic E-state index is 0.567. The van der Waals surface area contributed by atoms with Gasteiger partial charge in [-0.15, -0.1) is 0 Å². The Morgan fingerprint density at radius 3 is 2.70 bits per heavy atom. The molecule has 1 N–H and O–H groups in total. The zero-order chi connectivity index (χ0) is 14.2. The van der Waals surface area contributed by atoms with Crippen molar-refractivity contribution in [3.05, 3.63) is 42.5 Å². The van der Waals surface area contributed by atoms with Crippen LogP contribution >= 0.6 is 0 Å². The summed E-state index contributed by atoms with van der Waals surface area (Å²) in [7, 11) is 0. The second kappa shape index (κ2) is 8.11. The lowest BCUT2D eigenvalue weighted by Gasteiger charge is -2.23. The van der Waals surface area contributed by atoms with E-state index in [1.165, 1.54) is 37.7 Å². The van der Waals surface area contributed by atoms with Gasteiger partial charge in [0.15, 0.2) is 0 Å². The molecule has 0 radical (unpaired) electrons. The highest BCUT2D eigenvalue weighted by Crippen LogP contribution is 2.23. The largest absolute Gasteiger partial charge is 0.490 e. The highest BCUT2D eigenvalue weighted by Gasteiger charge is 2.18. The van der Waals surface area contributed by atoms with Crippen molar-refractivity contribution in [3.8, 4) is 5.75 Å². The summed E-state index contributed by atoms with van der Waals surface area (Å²) >= 11 is 0. The van der Waals surface area contributed by atoms with Crippen LogP contribution in [-0.2, 0) is 6.54 Å². The van der Waals surface area contributed by atoms with E-state index in [2.05, 4.69) is 31.0 Å². The fraction of sp³-hybridized carbons (Fsp3) is 0.556. The van der Waals surface area contributed by atoms with E-state index >= 15 is 0 Å². The summed E-state index contributed by atoms with van der Waals surface area (Å²) in [5, 5.41) is 3.73. The van der Waals surface area contributed by atoms with E-state index < -0.39 is 0 Å². The summed E-state index contributed by atoms with van der Waals surface area (Å²) in [6.07, 6.45) is 8.62. The maximum Gasteiger partial charge on any atom is 0.119 e. The Kier molecular flexibility index (Phi) is 6.13. The molecule has 2 atom stereocenters. The summed E-state index contributed by atoms with van der Waals surface area (Å²) in [5.74, 6) is 1.71. The standard InChI is InChI=1S/C18H27NO/c1-3-13-20-17-11-9-16(10-12-17)14-19-18-8-6-4-5-7-15(18)2/h3,9-12,15,18-19H,1,4-8,13-14H2,2H3. The highest BCUT2D eigenvalue weighted by atomic mass is 16.5. The van der Waals surface area contributed by atoms with Gasteiger partial charge in [-0.25, -0.2) is 0 Å². The lowest BCUT2D eigenvalue weighted by Crippen LogP contribution is -2.33. The molecule has 1 aliphatic rings. The Morgan fingerprint density at radius 1 is 1.20 bits per heavy atom. The average molecular weight is 273 g/mol. The van der Waals surface area contributed by atoms with Crippen LogP contribution in [0.15, 0.2) is 36.9 Å². The Bertz CT molecular complexity index is 398. The topological polar surface area (TPSA) is 21.3 Å². The highest BCUT2D eigenvalue weighted by molar-refractivity contribution is 5.27. The van der Waals surface area contributed by atoms with E-state index in [4.69, 9.17) is 4.74 Å². The number of hydrogen-bond acceptors (Lipinski definition) is 2. The Morgan fingerprint density at radius 2 is 1.95 bits per heavy atom. The second-order valence-corrected chi connectivity index (χ2v) is 5.85. The molecule has 20 heavy (non-hydrogen) atoms. The molecule has 1 aliphatic carbocycles. The number of benzene rings is 1. The molecule has 0 heterocycles. The smallest absolute Gasteiger partial charge is 0.119 e. The van der Waals surface area contributed by atoms with Crippen molar-refractivity contribution >= 4 is 0 Å². The van der Waals surface area contributed by atoms with Crippen LogP contribution in [0, 0.1) is 5.92 Å². The van der Waals surface area contributed by atoms with Crippen LogP contribution in [0.4, 0.5) is 0 Å². The number of hydrogen-bond donors (Lipinski definition) is 1. The summed E-state index contributed by atoms with van der Waals surface area (Å²) in [6, 6.07) is 9.04. The summed E-state index contributed by atoms with van der Waals surface area (Å²) in [5.41, 5.74) is 1.33. The summed E-state index contributed by atoms with van der Waals surface area (Å²) in [6.45, 7) is 7.56.